The van der Waals surface area contributed by atoms with Crippen LogP contribution in [0.4, 0.5) is 0 Å². The van der Waals surface area contributed by atoms with E-state index < -0.39 is 0 Å². The molecule has 2 N–H and O–H groups in total. The number of aryl methyl sites for hydroxylation is 1. The molecular weight excluding hydrogens is 272 g/mol. The highest BCUT2D eigenvalue weighted by molar-refractivity contribution is 9.10. The number of aromatic amines is 1. The van der Waals surface area contributed by atoms with E-state index in [-0.39, 0.29) is 5.91 Å². The first kappa shape index (κ1) is 10.9. The van der Waals surface area contributed by atoms with Crippen molar-refractivity contribution < 1.29 is 4.79 Å². The van der Waals surface area contributed by atoms with E-state index in [4.69, 9.17) is 0 Å². The molecule has 0 saturated carbocycles. The third kappa shape index (κ3) is 2.52. The van der Waals surface area contributed by atoms with Crippen molar-refractivity contribution in [2.24, 2.45) is 7.05 Å². The van der Waals surface area contributed by atoms with Gasteiger partial charge in [-0.2, -0.15) is 5.10 Å². The summed E-state index contributed by atoms with van der Waals surface area (Å²) in [5.41, 5.74) is 1.51. The van der Waals surface area contributed by atoms with Gasteiger partial charge in [-0.3, -0.25) is 9.48 Å². The first-order chi connectivity index (χ1) is 7.65. The topological polar surface area (TPSA) is 62.7 Å². The average molecular weight is 283 g/mol. The van der Waals surface area contributed by atoms with Gasteiger partial charge < -0.3 is 10.3 Å². The molecule has 0 aliphatic rings. The number of carbonyl (C=O) groups excluding carboxylic acids is 1. The number of halogens is 1. The predicted molar refractivity (Wildman–Crippen MR) is 62.9 cm³/mol. The lowest BCUT2D eigenvalue weighted by molar-refractivity contribution is 0.0946. The molecule has 16 heavy (non-hydrogen) atoms. The second-order valence-corrected chi connectivity index (χ2v) is 4.35. The number of nitrogens with one attached hydrogen (secondary N) is 2. The van der Waals surface area contributed by atoms with Gasteiger partial charge in [-0.1, -0.05) is 0 Å². The van der Waals surface area contributed by atoms with Crippen LogP contribution >= 0.6 is 15.9 Å². The molecule has 0 atom stereocenters. The van der Waals surface area contributed by atoms with Crippen LogP contribution in [0, 0.1) is 0 Å². The summed E-state index contributed by atoms with van der Waals surface area (Å²) in [6.45, 7) is 0.476. The first-order valence-electron chi connectivity index (χ1n) is 4.75. The standard InChI is InChI=1S/C10H11BrN4O/c1-15-6-7(4-14-15)3-13-10(16)9-2-8(11)5-12-9/h2,4-6,12H,3H2,1H3,(H,13,16). The van der Waals surface area contributed by atoms with Crippen LogP contribution in [0.15, 0.2) is 29.1 Å². The van der Waals surface area contributed by atoms with Crippen LogP contribution in [0.1, 0.15) is 16.1 Å². The van der Waals surface area contributed by atoms with Gasteiger partial charge in [0.15, 0.2) is 0 Å². The highest BCUT2D eigenvalue weighted by Gasteiger charge is 2.07. The molecule has 0 aliphatic heterocycles. The van der Waals surface area contributed by atoms with Gasteiger partial charge in [0.2, 0.25) is 0 Å². The Kier molecular flexibility index (Phi) is 3.09. The Labute approximate surface area is 101 Å². The van der Waals surface area contributed by atoms with Crippen LogP contribution in [0.2, 0.25) is 0 Å². The first-order valence-corrected chi connectivity index (χ1v) is 5.54. The average Bonchev–Trinajstić information content (AvgIpc) is 2.84. The van der Waals surface area contributed by atoms with Gasteiger partial charge in [0.1, 0.15) is 5.69 Å². The molecule has 2 rings (SSSR count). The number of rotatable bonds is 3. The zero-order chi connectivity index (χ0) is 11.5. The number of amides is 1. The fourth-order valence-electron chi connectivity index (χ4n) is 1.34. The van der Waals surface area contributed by atoms with Crippen molar-refractivity contribution in [3.63, 3.8) is 0 Å². The summed E-state index contributed by atoms with van der Waals surface area (Å²) >= 11 is 3.28. The molecular formula is C10H11BrN4O. The maximum absolute atomic E-state index is 11.6. The Morgan fingerprint density at radius 3 is 3.06 bits per heavy atom. The number of hydrogen-bond acceptors (Lipinski definition) is 2. The molecule has 2 aromatic heterocycles. The second-order valence-electron chi connectivity index (χ2n) is 3.44. The molecule has 6 heteroatoms. The Morgan fingerprint density at radius 2 is 2.50 bits per heavy atom. The summed E-state index contributed by atoms with van der Waals surface area (Å²) in [6, 6.07) is 1.73. The number of aromatic nitrogens is 3. The molecule has 2 heterocycles. The van der Waals surface area contributed by atoms with E-state index in [1.54, 1.807) is 23.1 Å². The molecule has 0 bridgehead atoms. The van der Waals surface area contributed by atoms with Crippen LogP contribution in [0.25, 0.3) is 0 Å². The van der Waals surface area contributed by atoms with Crippen LogP contribution in [-0.4, -0.2) is 20.7 Å². The van der Waals surface area contributed by atoms with Crippen molar-refractivity contribution in [2.75, 3.05) is 0 Å². The van der Waals surface area contributed by atoms with E-state index in [1.807, 2.05) is 13.2 Å². The molecule has 0 aliphatic carbocycles. The smallest absolute Gasteiger partial charge is 0.268 e. The lowest BCUT2D eigenvalue weighted by Gasteiger charge is -2.00. The molecule has 84 valence electrons. The minimum atomic E-state index is -0.130. The van der Waals surface area contributed by atoms with E-state index in [0.717, 1.165) is 10.0 Å². The predicted octanol–water partition coefficient (Wildman–Crippen LogP) is 1.44. The van der Waals surface area contributed by atoms with E-state index in [0.29, 0.717) is 12.2 Å². The lowest BCUT2D eigenvalue weighted by Crippen LogP contribution is -2.22. The zero-order valence-electron chi connectivity index (χ0n) is 8.70. The quantitative estimate of drug-likeness (QED) is 0.895. The van der Waals surface area contributed by atoms with Crippen LogP contribution in [-0.2, 0) is 13.6 Å². The van der Waals surface area contributed by atoms with Crippen molar-refractivity contribution in [1.82, 2.24) is 20.1 Å². The van der Waals surface area contributed by atoms with Crippen molar-refractivity contribution in [3.05, 3.63) is 40.4 Å². The number of carbonyl (C=O) groups is 1. The summed E-state index contributed by atoms with van der Waals surface area (Å²) in [5.74, 6) is -0.130. The van der Waals surface area contributed by atoms with E-state index in [2.05, 4.69) is 31.3 Å². The van der Waals surface area contributed by atoms with Gasteiger partial charge >= 0.3 is 0 Å². The molecule has 0 saturated heterocycles. The van der Waals surface area contributed by atoms with E-state index >= 15 is 0 Å². The Balaban J connectivity index is 1.93. The van der Waals surface area contributed by atoms with Gasteiger partial charge in [0.05, 0.1) is 6.20 Å². The third-order valence-electron chi connectivity index (χ3n) is 2.10. The molecule has 2 aromatic rings. The maximum Gasteiger partial charge on any atom is 0.268 e. The van der Waals surface area contributed by atoms with Crippen molar-refractivity contribution in [3.8, 4) is 0 Å². The number of nitrogens with zero attached hydrogens (tertiary/aromatic N) is 2. The van der Waals surface area contributed by atoms with Gasteiger partial charge in [0.25, 0.3) is 5.91 Å². The largest absolute Gasteiger partial charge is 0.356 e. The molecule has 0 radical (unpaired) electrons. The van der Waals surface area contributed by atoms with E-state index in [9.17, 15) is 4.79 Å². The zero-order valence-corrected chi connectivity index (χ0v) is 10.3. The summed E-state index contributed by atoms with van der Waals surface area (Å²) in [6.07, 6.45) is 5.31. The summed E-state index contributed by atoms with van der Waals surface area (Å²) < 4.78 is 2.56. The third-order valence-corrected chi connectivity index (χ3v) is 2.56. The fraction of sp³-hybridized carbons (Fsp3) is 0.200. The van der Waals surface area contributed by atoms with Gasteiger partial charge in [0, 0.05) is 36.0 Å². The molecule has 1 amide bonds. The van der Waals surface area contributed by atoms with Crippen LogP contribution < -0.4 is 5.32 Å². The Morgan fingerprint density at radius 1 is 1.69 bits per heavy atom. The van der Waals surface area contributed by atoms with Crippen LogP contribution in [0.3, 0.4) is 0 Å². The molecule has 5 nitrogen and oxygen atoms in total. The van der Waals surface area contributed by atoms with Crippen LogP contribution in [0.5, 0.6) is 0 Å². The Hall–Kier alpha value is -1.56. The minimum absolute atomic E-state index is 0.130. The monoisotopic (exact) mass is 282 g/mol. The molecule has 0 aromatic carbocycles. The normalized spacial score (nSPS) is 10.4. The SMILES string of the molecule is Cn1cc(CNC(=O)c2cc(Br)c[nH]2)cn1. The minimum Gasteiger partial charge on any atom is -0.356 e. The van der Waals surface area contributed by atoms with Gasteiger partial charge in [-0.25, -0.2) is 0 Å². The number of hydrogen-bond donors (Lipinski definition) is 2. The van der Waals surface area contributed by atoms with Crippen molar-refractivity contribution in [1.29, 1.82) is 0 Å². The van der Waals surface area contributed by atoms with E-state index in [1.165, 1.54) is 0 Å². The summed E-state index contributed by atoms with van der Waals surface area (Å²) in [4.78, 5) is 14.5. The second kappa shape index (κ2) is 4.52. The molecule has 0 unspecified atom stereocenters. The molecule has 0 fully saturated rings. The summed E-state index contributed by atoms with van der Waals surface area (Å²) in [5, 5.41) is 6.82. The highest BCUT2D eigenvalue weighted by Crippen LogP contribution is 2.10. The fourth-order valence-corrected chi connectivity index (χ4v) is 1.68. The summed E-state index contributed by atoms with van der Waals surface area (Å²) in [7, 11) is 1.84. The van der Waals surface area contributed by atoms with Crippen molar-refractivity contribution >= 4 is 21.8 Å². The molecule has 0 spiro atoms. The number of H-pyrrole nitrogens is 1. The Bertz CT molecular complexity index is 502. The highest BCUT2D eigenvalue weighted by atomic mass is 79.9. The maximum atomic E-state index is 11.6. The van der Waals surface area contributed by atoms with Gasteiger partial charge in [-0.15, -0.1) is 0 Å². The van der Waals surface area contributed by atoms with Gasteiger partial charge in [-0.05, 0) is 22.0 Å². The lowest BCUT2D eigenvalue weighted by atomic mass is 10.3. The van der Waals surface area contributed by atoms with Crippen molar-refractivity contribution in [2.45, 2.75) is 6.54 Å².